The molecule has 4 heteroatoms. The zero-order chi connectivity index (χ0) is 11.2. The summed E-state index contributed by atoms with van der Waals surface area (Å²) in [6.07, 6.45) is 0. The molecule has 1 aromatic carbocycles. The van der Waals surface area contributed by atoms with Crippen LogP contribution in [-0.4, -0.2) is 31.0 Å². The Bertz CT molecular complexity index is 420. The number of hydroxylamine groups is 1. The maximum Gasteiger partial charge on any atom is 0.249 e. The van der Waals surface area contributed by atoms with Crippen molar-refractivity contribution in [1.82, 2.24) is 10.4 Å². The Morgan fingerprint density at radius 1 is 1.44 bits per heavy atom. The SMILES string of the molecule is CN1C[C@@H]2CON[C@]2(c2ccccc2)C1=O. The zero-order valence-electron chi connectivity index (χ0n) is 9.14. The highest BCUT2D eigenvalue weighted by molar-refractivity contribution is 5.90. The molecule has 1 aromatic rings. The predicted molar refractivity (Wildman–Crippen MR) is 58.3 cm³/mol. The third kappa shape index (κ3) is 1.08. The van der Waals surface area contributed by atoms with Gasteiger partial charge in [0.2, 0.25) is 5.91 Å². The number of likely N-dealkylation sites (tertiary alicyclic amines) is 1. The molecule has 2 aliphatic heterocycles. The van der Waals surface area contributed by atoms with E-state index in [1.807, 2.05) is 37.4 Å². The van der Waals surface area contributed by atoms with Gasteiger partial charge in [0.25, 0.3) is 0 Å². The van der Waals surface area contributed by atoms with Gasteiger partial charge in [-0.3, -0.25) is 9.63 Å². The molecule has 4 nitrogen and oxygen atoms in total. The van der Waals surface area contributed by atoms with E-state index in [9.17, 15) is 4.79 Å². The fourth-order valence-electron chi connectivity index (χ4n) is 2.71. The first-order valence-electron chi connectivity index (χ1n) is 5.45. The number of nitrogens with one attached hydrogen (secondary N) is 1. The van der Waals surface area contributed by atoms with Gasteiger partial charge in [0.15, 0.2) is 5.54 Å². The fourth-order valence-corrected chi connectivity index (χ4v) is 2.71. The van der Waals surface area contributed by atoms with Crippen molar-refractivity contribution in [2.75, 3.05) is 20.2 Å². The van der Waals surface area contributed by atoms with Gasteiger partial charge in [-0.15, -0.1) is 0 Å². The van der Waals surface area contributed by atoms with Gasteiger partial charge >= 0.3 is 0 Å². The van der Waals surface area contributed by atoms with Crippen LogP contribution in [-0.2, 0) is 15.2 Å². The Morgan fingerprint density at radius 3 is 2.94 bits per heavy atom. The highest BCUT2D eigenvalue weighted by atomic mass is 16.7. The summed E-state index contributed by atoms with van der Waals surface area (Å²) in [5.74, 6) is 0.300. The molecule has 0 radical (unpaired) electrons. The van der Waals surface area contributed by atoms with Crippen molar-refractivity contribution in [2.24, 2.45) is 5.92 Å². The Labute approximate surface area is 94.1 Å². The monoisotopic (exact) mass is 218 g/mol. The van der Waals surface area contributed by atoms with Gasteiger partial charge in [0, 0.05) is 19.5 Å². The normalized spacial score (nSPS) is 33.2. The summed E-state index contributed by atoms with van der Waals surface area (Å²) < 4.78 is 0. The van der Waals surface area contributed by atoms with Crippen molar-refractivity contribution < 1.29 is 9.63 Å². The van der Waals surface area contributed by atoms with Gasteiger partial charge in [-0.1, -0.05) is 30.3 Å². The van der Waals surface area contributed by atoms with Crippen LogP contribution in [0.2, 0.25) is 0 Å². The van der Waals surface area contributed by atoms with Crippen LogP contribution >= 0.6 is 0 Å². The molecule has 84 valence electrons. The molecule has 0 aliphatic carbocycles. The van der Waals surface area contributed by atoms with E-state index in [4.69, 9.17) is 4.84 Å². The second-order valence-electron chi connectivity index (χ2n) is 4.47. The van der Waals surface area contributed by atoms with Crippen molar-refractivity contribution in [1.29, 1.82) is 0 Å². The Kier molecular flexibility index (Phi) is 2.02. The maximum absolute atomic E-state index is 12.3. The van der Waals surface area contributed by atoms with Crippen molar-refractivity contribution in [3.63, 3.8) is 0 Å². The maximum atomic E-state index is 12.3. The summed E-state index contributed by atoms with van der Waals surface area (Å²) in [5, 5.41) is 0. The minimum atomic E-state index is -0.657. The lowest BCUT2D eigenvalue weighted by Crippen LogP contribution is -2.47. The van der Waals surface area contributed by atoms with Gasteiger partial charge in [-0.25, -0.2) is 0 Å². The van der Waals surface area contributed by atoms with E-state index < -0.39 is 5.54 Å². The molecule has 16 heavy (non-hydrogen) atoms. The minimum absolute atomic E-state index is 0.0983. The Balaban J connectivity index is 2.11. The molecule has 1 N–H and O–H groups in total. The molecule has 0 unspecified atom stereocenters. The van der Waals surface area contributed by atoms with E-state index in [0.717, 1.165) is 12.1 Å². The first kappa shape index (κ1) is 9.81. The third-order valence-corrected chi connectivity index (χ3v) is 3.54. The molecule has 0 saturated carbocycles. The summed E-state index contributed by atoms with van der Waals surface area (Å²) in [4.78, 5) is 19.4. The highest BCUT2D eigenvalue weighted by Crippen LogP contribution is 2.40. The zero-order valence-corrected chi connectivity index (χ0v) is 9.14. The molecule has 2 aliphatic rings. The van der Waals surface area contributed by atoms with Gasteiger partial charge < -0.3 is 4.90 Å². The first-order chi connectivity index (χ1) is 7.75. The minimum Gasteiger partial charge on any atom is -0.343 e. The summed E-state index contributed by atoms with van der Waals surface area (Å²) >= 11 is 0. The molecule has 2 fully saturated rings. The smallest absolute Gasteiger partial charge is 0.249 e. The number of amides is 1. The predicted octanol–water partition coefficient (Wildman–Crippen LogP) is 0.505. The van der Waals surface area contributed by atoms with Crippen LogP contribution in [0.25, 0.3) is 0 Å². The van der Waals surface area contributed by atoms with E-state index in [1.165, 1.54) is 0 Å². The highest BCUT2D eigenvalue weighted by Gasteiger charge is 2.57. The van der Waals surface area contributed by atoms with Gasteiger partial charge in [-0.2, -0.15) is 5.48 Å². The first-order valence-corrected chi connectivity index (χ1v) is 5.45. The van der Waals surface area contributed by atoms with Crippen LogP contribution in [0, 0.1) is 5.92 Å². The van der Waals surface area contributed by atoms with Crippen LogP contribution in [0.5, 0.6) is 0 Å². The fraction of sp³-hybridized carbons (Fsp3) is 0.417. The number of fused-ring (bicyclic) bond motifs is 1. The molecule has 0 spiro atoms. The van der Waals surface area contributed by atoms with Crippen LogP contribution in [0.15, 0.2) is 30.3 Å². The number of benzene rings is 1. The number of nitrogens with zero attached hydrogens (tertiary/aromatic N) is 1. The Morgan fingerprint density at radius 2 is 2.19 bits per heavy atom. The van der Waals surface area contributed by atoms with Crippen LogP contribution in [0.3, 0.4) is 0 Å². The van der Waals surface area contributed by atoms with E-state index >= 15 is 0 Å². The molecular formula is C12H14N2O2. The molecule has 2 atom stereocenters. The number of likely N-dealkylation sites (N-methyl/N-ethyl adjacent to an activating group) is 1. The summed E-state index contributed by atoms with van der Waals surface area (Å²) in [6.45, 7) is 1.34. The van der Waals surface area contributed by atoms with Crippen molar-refractivity contribution in [3.05, 3.63) is 35.9 Å². The van der Waals surface area contributed by atoms with Crippen LogP contribution < -0.4 is 5.48 Å². The average molecular weight is 218 g/mol. The number of rotatable bonds is 1. The largest absolute Gasteiger partial charge is 0.343 e. The molecule has 0 aromatic heterocycles. The number of carbonyl (C=O) groups is 1. The second kappa shape index (κ2) is 3.30. The van der Waals surface area contributed by atoms with E-state index in [1.54, 1.807) is 4.90 Å². The van der Waals surface area contributed by atoms with Gasteiger partial charge in [0.05, 0.1) is 6.61 Å². The summed E-state index contributed by atoms with van der Waals surface area (Å²) in [6, 6.07) is 9.81. The number of carbonyl (C=O) groups excluding carboxylic acids is 1. The lowest BCUT2D eigenvalue weighted by atomic mass is 9.82. The summed E-state index contributed by atoms with van der Waals surface area (Å²) in [7, 11) is 1.84. The van der Waals surface area contributed by atoms with E-state index in [0.29, 0.717) is 6.61 Å². The van der Waals surface area contributed by atoms with Crippen molar-refractivity contribution >= 4 is 5.91 Å². The number of hydrogen-bond donors (Lipinski definition) is 1. The molecular weight excluding hydrogens is 204 g/mol. The third-order valence-electron chi connectivity index (χ3n) is 3.54. The molecule has 0 bridgehead atoms. The Hall–Kier alpha value is -1.39. The standard InChI is InChI=1S/C12H14N2O2/c1-14-7-10-8-16-13-12(10,11(14)15)9-5-3-2-4-6-9/h2-6,10,13H,7-8H2,1H3/t10-,12+/m1/s1. The van der Waals surface area contributed by atoms with E-state index in [2.05, 4.69) is 5.48 Å². The average Bonchev–Trinajstić information content (AvgIpc) is 2.82. The van der Waals surface area contributed by atoms with Gasteiger partial charge in [-0.05, 0) is 5.56 Å². The van der Waals surface area contributed by atoms with Crippen LogP contribution in [0.1, 0.15) is 5.56 Å². The van der Waals surface area contributed by atoms with Gasteiger partial charge in [0.1, 0.15) is 0 Å². The quantitative estimate of drug-likeness (QED) is 0.746. The second-order valence-corrected chi connectivity index (χ2v) is 4.47. The molecule has 2 saturated heterocycles. The molecule has 3 rings (SSSR count). The summed E-state index contributed by atoms with van der Waals surface area (Å²) in [5.41, 5.74) is 3.27. The van der Waals surface area contributed by atoms with Crippen molar-refractivity contribution in [2.45, 2.75) is 5.54 Å². The lowest BCUT2D eigenvalue weighted by molar-refractivity contribution is -0.135. The lowest BCUT2D eigenvalue weighted by Gasteiger charge is -2.25. The molecule has 2 heterocycles. The van der Waals surface area contributed by atoms with Crippen LogP contribution in [0.4, 0.5) is 0 Å². The topological polar surface area (TPSA) is 41.6 Å². The van der Waals surface area contributed by atoms with E-state index in [-0.39, 0.29) is 11.8 Å². The van der Waals surface area contributed by atoms with Crippen molar-refractivity contribution in [3.8, 4) is 0 Å². The molecule has 1 amide bonds. The number of hydrogen-bond acceptors (Lipinski definition) is 3.